The molecule has 0 fully saturated rings. The molecule has 1 unspecified atom stereocenters. The van der Waals surface area contributed by atoms with Crippen LogP contribution in [0.4, 0.5) is 17.1 Å². The Labute approximate surface area is 215 Å². The molecule has 12 heteroatoms. The van der Waals surface area contributed by atoms with Crippen LogP contribution in [-0.2, 0) is 0 Å². The van der Waals surface area contributed by atoms with Crippen molar-refractivity contribution in [2.24, 2.45) is 0 Å². The van der Waals surface area contributed by atoms with Crippen LogP contribution < -0.4 is 10.6 Å². The average molecular weight is 520 g/mol. The SMILES string of the molecule is CCC(C)c1ccc2oc(-c3cccc(NC(=S)NC(=O)c4cc([N+](=O)[O-])cc([N+](=O)[O-])c4)c3)nc2c1. The highest BCUT2D eigenvalue weighted by atomic mass is 32.1. The summed E-state index contributed by atoms with van der Waals surface area (Å²) < 4.78 is 5.91. The van der Waals surface area contributed by atoms with E-state index in [2.05, 4.69) is 29.5 Å². The first-order valence-electron chi connectivity index (χ1n) is 11.2. The van der Waals surface area contributed by atoms with Gasteiger partial charge in [-0.25, -0.2) is 4.98 Å². The molecule has 0 saturated carbocycles. The predicted molar refractivity (Wildman–Crippen MR) is 142 cm³/mol. The number of anilines is 1. The van der Waals surface area contributed by atoms with Crippen molar-refractivity contribution >= 4 is 51.4 Å². The number of rotatable bonds is 7. The summed E-state index contributed by atoms with van der Waals surface area (Å²) in [5.74, 6) is -0.0169. The first-order chi connectivity index (χ1) is 17.6. The van der Waals surface area contributed by atoms with Crippen LogP contribution in [0.5, 0.6) is 0 Å². The Morgan fingerprint density at radius 1 is 1.05 bits per heavy atom. The van der Waals surface area contributed by atoms with Gasteiger partial charge in [-0.3, -0.25) is 30.3 Å². The van der Waals surface area contributed by atoms with Gasteiger partial charge in [0.25, 0.3) is 17.3 Å². The van der Waals surface area contributed by atoms with Crippen LogP contribution in [0.2, 0.25) is 0 Å². The van der Waals surface area contributed by atoms with E-state index in [4.69, 9.17) is 16.6 Å². The van der Waals surface area contributed by atoms with Gasteiger partial charge in [0.1, 0.15) is 5.52 Å². The van der Waals surface area contributed by atoms with Crippen molar-refractivity contribution < 1.29 is 19.1 Å². The number of carbonyl (C=O) groups is 1. The molecule has 0 aliphatic rings. The van der Waals surface area contributed by atoms with E-state index in [1.54, 1.807) is 18.2 Å². The lowest BCUT2D eigenvalue weighted by atomic mass is 9.98. The van der Waals surface area contributed by atoms with E-state index < -0.39 is 27.1 Å². The fourth-order valence-electron chi connectivity index (χ4n) is 3.61. The van der Waals surface area contributed by atoms with Crippen molar-refractivity contribution in [1.29, 1.82) is 0 Å². The number of hydrogen-bond donors (Lipinski definition) is 2. The van der Waals surface area contributed by atoms with E-state index >= 15 is 0 Å². The lowest BCUT2D eigenvalue weighted by Crippen LogP contribution is -2.34. The van der Waals surface area contributed by atoms with E-state index in [0.717, 1.165) is 30.1 Å². The van der Waals surface area contributed by atoms with Gasteiger partial charge < -0.3 is 9.73 Å². The van der Waals surface area contributed by atoms with Gasteiger partial charge in [0.2, 0.25) is 5.89 Å². The minimum atomic E-state index is -0.837. The molecule has 11 nitrogen and oxygen atoms in total. The van der Waals surface area contributed by atoms with E-state index in [0.29, 0.717) is 28.6 Å². The van der Waals surface area contributed by atoms with Crippen LogP contribution in [0, 0.1) is 20.2 Å². The van der Waals surface area contributed by atoms with Crippen LogP contribution >= 0.6 is 12.2 Å². The Balaban J connectivity index is 1.50. The second kappa shape index (κ2) is 10.5. The first kappa shape index (κ1) is 25.4. The first-order valence-corrected chi connectivity index (χ1v) is 11.6. The number of non-ortho nitro benzene ring substituents is 2. The molecular formula is C25H21N5O6S. The molecule has 0 aliphatic heterocycles. The molecule has 1 aromatic heterocycles. The van der Waals surface area contributed by atoms with Crippen LogP contribution in [0.1, 0.15) is 42.1 Å². The topological polar surface area (TPSA) is 153 Å². The minimum Gasteiger partial charge on any atom is -0.436 e. The van der Waals surface area contributed by atoms with E-state index in [1.165, 1.54) is 5.56 Å². The van der Waals surface area contributed by atoms with Crippen LogP contribution in [0.3, 0.4) is 0 Å². The summed E-state index contributed by atoms with van der Waals surface area (Å²) in [4.78, 5) is 37.7. The Hall–Kier alpha value is -4.71. The molecule has 0 radical (unpaired) electrons. The maximum Gasteiger partial charge on any atom is 0.277 e. The lowest BCUT2D eigenvalue weighted by molar-refractivity contribution is -0.394. The third-order valence-electron chi connectivity index (χ3n) is 5.77. The van der Waals surface area contributed by atoms with Gasteiger partial charge in [0.05, 0.1) is 21.5 Å². The summed E-state index contributed by atoms with van der Waals surface area (Å²) in [6.45, 7) is 4.28. The second-order valence-corrected chi connectivity index (χ2v) is 8.71. The molecule has 1 heterocycles. The summed E-state index contributed by atoms with van der Waals surface area (Å²) in [6.07, 6.45) is 1.01. The standard InChI is InChI=1S/C25H21N5O6S/c1-3-14(2)15-7-8-22-21(12-15)27-24(36-22)16-5-4-6-18(9-16)26-25(37)28-23(31)17-10-19(29(32)33)13-20(11-17)30(34)35/h4-14H,3H2,1-2H3,(H2,26,28,31,37). The number of benzene rings is 3. The smallest absolute Gasteiger partial charge is 0.277 e. The van der Waals surface area contributed by atoms with Crippen LogP contribution in [0.25, 0.3) is 22.6 Å². The van der Waals surface area contributed by atoms with Gasteiger partial charge in [0.15, 0.2) is 10.7 Å². The number of aromatic nitrogens is 1. The Bertz CT molecular complexity index is 1520. The summed E-state index contributed by atoms with van der Waals surface area (Å²) in [5.41, 5.74) is 2.35. The number of nitro groups is 2. The maximum atomic E-state index is 12.6. The number of nitrogens with one attached hydrogen (secondary N) is 2. The fraction of sp³-hybridized carbons (Fsp3) is 0.160. The molecule has 0 spiro atoms. The van der Waals surface area contributed by atoms with Gasteiger partial charge in [-0.15, -0.1) is 0 Å². The molecule has 1 amide bonds. The van der Waals surface area contributed by atoms with Gasteiger partial charge in [0, 0.05) is 23.4 Å². The highest BCUT2D eigenvalue weighted by Gasteiger charge is 2.20. The van der Waals surface area contributed by atoms with Crippen LogP contribution in [0.15, 0.2) is 65.1 Å². The molecule has 188 valence electrons. The van der Waals surface area contributed by atoms with E-state index in [1.807, 2.05) is 24.3 Å². The minimum absolute atomic E-state index is 0.105. The highest BCUT2D eigenvalue weighted by molar-refractivity contribution is 7.80. The molecule has 2 N–H and O–H groups in total. The molecule has 4 rings (SSSR count). The fourth-order valence-corrected chi connectivity index (χ4v) is 3.83. The van der Waals surface area contributed by atoms with Crippen molar-refractivity contribution in [3.8, 4) is 11.5 Å². The number of carbonyl (C=O) groups excluding carboxylic acids is 1. The van der Waals surface area contributed by atoms with Crippen molar-refractivity contribution in [3.05, 3.63) is 92.0 Å². The summed E-state index contributed by atoms with van der Waals surface area (Å²) in [5, 5.41) is 27.3. The normalized spacial score (nSPS) is 11.6. The molecule has 3 aromatic carbocycles. The summed E-state index contributed by atoms with van der Waals surface area (Å²) >= 11 is 5.19. The number of fused-ring (bicyclic) bond motifs is 1. The predicted octanol–water partition coefficient (Wildman–Crippen LogP) is 5.95. The number of oxazole rings is 1. The van der Waals surface area contributed by atoms with Gasteiger partial charge >= 0.3 is 0 Å². The quantitative estimate of drug-likeness (QED) is 0.171. The monoisotopic (exact) mass is 519 g/mol. The summed E-state index contributed by atoms with van der Waals surface area (Å²) in [7, 11) is 0. The van der Waals surface area contributed by atoms with Gasteiger partial charge in [-0.1, -0.05) is 26.0 Å². The zero-order chi connectivity index (χ0) is 26.7. The van der Waals surface area contributed by atoms with Gasteiger partial charge in [-0.2, -0.15) is 0 Å². The lowest BCUT2D eigenvalue weighted by Gasteiger charge is -2.10. The molecular weight excluding hydrogens is 498 g/mol. The second-order valence-electron chi connectivity index (χ2n) is 8.30. The van der Waals surface area contributed by atoms with E-state index in [9.17, 15) is 25.0 Å². The van der Waals surface area contributed by atoms with E-state index in [-0.39, 0.29) is 10.7 Å². The Kier molecular flexibility index (Phi) is 7.20. The largest absolute Gasteiger partial charge is 0.436 e. The molecule has 4 aromatic rings. The molecule has 37 heavy (non-hydrogen) atoms. The zero-order valence-corrected chi connectivity index (χ0v) is 20.6. The number of nitrogens with zero attached hydrogens (tertiary/aromatic N) is 3. The Morgan fingerprint density at radius 3 is 2.41 bits per heavy atom. The van der Waals surface area contributed by atoms with Gasteiger partial charge in [-0.05, 0) is 60.5 Å². The number of amides is 1. The maximum absolute atomic E-state index is 12.6. The molecule has 0 bridgehead atoms. The zero-order valence-electron chi connectivity index (χ0n) is 19.8. The summed E-state index contributed by atoms with van der Waals surface area (Å²) in [6, 6.07) is 15.6. The van der Waals surface area contributed by atoms with Crippen molar-refractivity contribution in [3.63, 3.8) is 0 Å². The highest BCUT2D eigenvalue weighted by Crippen LogP contribution is 2.29. The third kappa shape index (κ3) is 5.76. The number of hydrogen-bond acceptors (Lipinski definition) is 8. The average Bonchev–Trinajstić information content (AvgIpc) is 3.31. The Morgan fingerprint density at radius 2 is 1.76 bits per heavy atom. The molecule has 0 aliphatic carbocycles. The third-order valence-corrected chi connectivity index (χ3v) is 5.98. The van der Waals surface area contributed by atoms with Crippen molar-refractivity contribution in [2.45, 2.75) is 26.2 Å². The molecule has 1 atom stereocenters. The van der Waals surface area contributed by atoms with Crippen molar-refractivity contribution in [1.82, 2.24) is 10.3 Å². The molecule has 0 saturated heterocycles. The number of nitro benzene ring substituents is 2. The van der Waals surface area contributed by atoms with Crippen LogP contribution in [-0.4, -0.2) is 25.9 Å². The number of thiocarbonyl (C=S) groups is 1. The van der Waals surface area contributed by atoms with Crippen molar-refractivity contribution in [2.75, 3.05) is 5.32 Å².